The zero-order chi connectivity index (χ0) is 22.1. The number of carbonyl (C=O) groups is 2. The molecule has 10 heteroatoms. The van der Waals surface area contributed by atoms with Gasteiger partial charge >= 0.3 is 11.9 Å². The van der Waals surface area contributed by atoms with Gasteiger partial charge in [-0.25, -0.2) is 4.79 Å². The number of hydrogen-bond acceptors (Lipinski definition) is 7. The normalized spacial score (nSPS) is 11.0. The van der Waals surface area contributed by atoms with Crippen LogP contribution in [0.4, 0.5) is 5.69 Å². The lowest BCUT2D eigenvalue weighted by Gasteiger charge is -2.19. The molecular weight excluding hydrogens is 502 g/mol. The van der Waals surface area contributed by atoms with Gasteiger partial charge in [-0.2, -0.15) is 0 Å². The minimum Gasteiger partial charge on any atom is -0.481 e. The van der Waals surface area contributed by atoms with Gasteiger partial charge in [0.25, 0.3) is 5.69 Å². The quantitative estimate of drug-likeness (QED) is 0.235. The number of ether oxygens (including phenoxy) is 3. The number of nitro groups is 1. The number of benzene rings is 1. The summed E-state index contributed by atoms with van der Waals surface area (Å²) in [6.07, 6.45) is 0. The molecule has 158 valence electrons. The first-order valence-corrected chi connectivity index (χ1v) is 10.1. The number of rotatable bonds is 5. The van der Waals surface area contributed by atoms with Crippen LogP contribution in [0.15, 0.2) is 22.7 Å². The first kappa shape index (κ1) is 26.3. The van der Waals surface area contributed by atoms with E-state index in [1.165, 1.54) is 18.2 Å². The maximum Gasteiger partial charge on any atom is 0.344 e. The van der Waals surface area contributed by atoms with Crippen LogP contribution < -0.4 is 4.74 Å². The number of nitro benzene ring substituents is 1. The molecule has 0 N–H and O–H groups in total. The Balaban J connectivity index is 0.000000684. The fourth-order valence-electron chi connectivity index (χ4n) is 1.60. The van der Waals surface area contributed by atoms with E-state index in [-0.39, 0.29) is 29.2 Å². The molecule has 1 rings (SSSR count). The summed E-state index contributed by atoms with van der Waals surface area (Å²) in [7, 11) is 0. The van der Waals surface area contributed by atoms with E-state index in [0.29, 0.717) is 10.2 Å². The summed E-state index contributed by atoms with van der Waals surface area (Å²) >= 11 is 6.14. The fourth-order valence-corrected chi connectivity index (χ4v) is 2.19. The number of halogens is 2. The third-order valence-electron chi connectivity index (χ3n) is 2.42. The predicted molar refractivity (Wildman–Crippen MR) is 112 cm³/mol. The van der Waals surface area contributed by atoms with Crippen molar-refractivity contribution < 1.29 is 28.7 Å². The average molecular weight is 527 g/mol. The van der Waals surface area contributed by atoms with Crippen LogP contribution >= 0.6 is 31.9 Å². The molecule has 0 spiro atoms. The van der Waals surface area contributed by atoms with Crippen LogP contribution in [-0.2, 0) is 19.1 Å². The van der Waals surface area contributed by atoms with Crippen molar-refractivity contribution in [1.29, 1.82) is 0 Å². The molecule has 0 saturated carbocycles. The molecule has 0 aromatic heterocycles. The largest absolute Gasteiger partial charge is 0.481 e. The minimum absolute atomic E-state index is 0.0588. The van der Waals surface area contributed by atoms with Gasteiger partial charge in [-0.3, -0.25) is 14.9 Å². The Morgan fingerprint density at radius 2 is 1.54 bits per heavy atom. The van der Waals surface area contributed by atoms with Gasteiger partial charge in [0, 0.05) is 12.1 Å². The van der Waals surface area contributed by atoms with Crippen molar-refractivity contribution in [3.8, 4) is 5.75 Å². The summed E-state index contributed by atoms with van der Waals surface area (Å²) in [6, 6.07) is 4.03. The zero-order valence-electron chi connectivity index (χ0n) is 16.7. The maximum absolute atomic E-state index is 11.4. The Morgan fingerprint density at radius 3 is 1.89 bits per heavy atom. The molecule has 28 heavy (non-hydrogen) atoms. The first-order chi connectivity index (χ1) is 12.6. The molecule has 1 aromatic rings. The van der Waals surface area contributed by atoms with E-state index in [4.69, 9.17) is 14.2 Å². The number of carbonyl (C=O) groups excluding carboxylic acids is 2. The van der Waals surface area contributed by atoms with Crippen LogP contribution in [0.25, 0.3) is 0 Å². The molecule has 0 radical (unpaired) electrons. The second-order valence-corrected chi connectivity index (χ2v) is 8.88. The van der Waals surface area contributed by atoms with Crippen LogP contribution in [-0.4, -0.2) is 40.0 Å². The molecule has 0 bridgehead atoms. The van der Waals surface area contributed by atoms with Crippen molar-refractivity contribution in [3.05, 3.63) is 32.8 Å². The maximum atomic E-state index is 11.4. The summed E-state index contributed by atoms with van der Waals surface area (Å²) in [5, 5.41) is 10.8. The fraction of sp³-hybridized carbons (Fsp3) is 0.556. The van der Waals surface area contributed by atoms with Gasteiger partial charge in [0.15, 0.2) is 6.61 Å². The highest BCUT2D eigenvalue weighted by Gasteiger charge is 2.17. The van der Waals surface area contributed by atoms with Crippen molar-refractivity contribution in [2.75, 3.05) is 11.9 Å². The van der Waals surface area contributed by atoms with E-state index in [1.807, 2.05) is 20.8 Å². The average Bonchev–Trinajstić information content (AvgIpc) is 2.50. The van der Waals surface area contributed by atoms with Gasteiger partial charge in [0.05, 0.1) is 9.40 Å². The van der Waals surface area contributed by atoms with Gasteiger partial charge in [0.2, 0.25) is 0 Å². The predicted octanol–water partition coefficient (Wildman–Crippen LogP) is 4.80. The molecule has 0 heterocycles. The third-order valence-corrected chi connectivity index (χ3v) is 3.50. The highest BCUT2D eigenvalue weighted by Crippen LogP contribution is 2.29. The van der Waals surface area contributed by atoms with E-state index in [2.05, 4.69) is 31.9 Å². The molecule has 0 saturated heterocycles. The van der Waals surface area contributed by atoms with E-state index < -0.39 is 16.5 Å². The van der Waals surface area contributed by atoms with Crippen molar-refractivity contribution in [1.82, 2.24) is 0 Å². The molecule has 0 aliphatic rings. The Kier molecular flexibility index (Phi) is 10.7. The topological polar surface area (TPSA) is 105 Å². The van der Waals surface area contributed by atoms with Crippen molar-refractivity contribution in [2.24, 2.45) is 0 Å². The van der Waals surface area contributed by atoms with Crippen molar-refractivity contribution >= 4 is 49.5 Å². The second-order valence-electron chi connectivity index (χ2n) is 7.47. The van der Waals surface area contributed by atoms with E-state index in [9.17, 15) is 19.7 Å². The Hall–Kier alpha value is -1.68. The minimum atomic E-state index is -0.576. The van der Waals surface area contributed by atoms with Crippen LogP contribution in [0.1, 0.15) is 41.5 Å². The summed E-state index contributed by atoms with van der Waals surface area (Å²) in [5.41, 5.74) is -0.991. The van der Waals surface area contributed by atoms with E-state index in [0.717, 1.165) is 0 Å². The lowest BCUT2D eigenvalue weighted by molar-refractivity contribution is -0.385. The van der Waals surface area contributed by atoms with Crippen molar-refractivity contribution in [3.63, 3.8) is 0 Å². The Morgan fingerprint density at radius 1 is 1.04 bits per heavy atom. The summed E-state index contributed by atoms with van der Waals surface area (Å²) in [4.78, 5) is 32.1. The summed E-state index contributed by atoms with van der Waals surface area (Å²) in [6.45, 7) is 10.5. The number of nitrogens with zero attached hydrogens (tertiary/aromatic N) is 1. The van der Waals surface area contributed by atoms with Gasteiger partial charge in [-0.05, 0) is 63.5 Å². The summed E-state index contributed by atoms with van der Waals surface area (Å²) in [5.74, 6) is -0.378. The molecule has 0 aliphatic heterocycles. The second kappa shape index (κ2) is 11.4. The summed E-state index contributed by atoms with van der Waals surface area (Å²) < 4.78 is 15.6. The zero-order valence-corrected chi connectivity index (χ0v) is 19.9. The number of non-ortho nitro benzene ring substituents is 1. The van der Waals surface area contributed by atoms with Crippen LogP contribution in [0.2, 0.25) is 0 Å². The standard InChI is InChI=1S/C12H14BrNO5.C6H11BrO2/c1-12(2,3)19-11(15)7-18-10-5-4-8(14(16)17)6-9(10)13;1-6(2,3)9-5(8)4-7/h4-6H,7H2,1-3H3;4H2,1-3H3. The molecule has 0 fully saturated rings. The molecule has 0 aliphatic carbocycles. The van der Waals surface area contributed by atoms with E-state index in [1.54, 1.807) is 20.8 Å². The molecule has 0 amide bonds. The van der Waals surface area contributed by atoms with E-state index >= 15 is 0 Å². The highest BCUT2D eigenvalue weighted by molar-refractivity contribution is 9.10. The van der Waals surface area contributed by atoms with Gasteiger partial charge in [-0.1, -0.05) is 15.9 Å². The SMILES string of the molecule is CC(C)(C)OC(=O)CBr.CC(C)(C)OC(=O)COc1ccc([N+](=O)[O-])cc1Br. The lowest BCUT2D eigenvalue weighted by atomic mass is 10.2. The third kappa shape index (κ3) is 12.7. The molecular formula is C18H25Br2NO7. The molecule has 8 nitrogen and oxygen atoms in total. The van der Waals surface area contributed by atoms with Gasteiger partial charge < -0.3 is 14.2 Å². The van der Waals surface area contributed by atoms with Gasteiger partial charge in [0.1, 0.15) is 22.3 Å². The number of hydrogen-bond donors (Lipinski definition) is 0. The lowest BCUT2D eigenvalue weighted by Crippen LogP contribution is -2.27. The molecule has 1 aromatic carbocycles. The highest BCUT2D eigenvalue weighted by atomic mass is 79.9. The monoisotopic (exact) mass is 525 g/mol. The van der Waals surface area contributed by atoms with Crippen LogP contribution in [0.3, 0.4) is 0 Å². The Bertz CT molecular complexity index is 694. The number of alkyl halides is 1. The van der Waals surface area contributed by atoms with Crippen LogP contribution in [0, 0.1) is 10.1 Å². The smallest absolute Gasteiger partial charge is 0.344 e. The molecule has 0 atom stereocenters. The first-order valence-electron chi connectivity index (χ1n) is 8.21. The van der Waals surface area contributed by atoms with Crippen molar-refractivity contribution in [2.45, 2.75) is 52.7 Å². The number of esters is 2. The molecule has 0 unspecified atom stereocenters. The van der Waals surface area contributed by atoms with Crippen LogP contribution in [0.5, 0.6) is 5.75 Å². The Labute approximate surface area is 181 Å². The van der Waals surface area contributed by atoms with Gasteiger partial charge in [-0.15, -0.1) is 0 Å².